The van der Waals surface area contributed by atoms with Crippen LogP contribution >= 0.6 is 0 Å². The van der Waals surface area contributed by atoms with E-state index >= 15 is 0 Å². The Labute approximate surface area is 114 Å². The Morgan fingerprint density at radius 1 is 1.21 bits per heavy atom. The standard InChI is InChI=1S/C15H22N2O2/c18-13-10-15(6-2-1-3-7-15)14(19)17(13)11-12-4-8-16-9-5-12/h4,16H,1-3,5-11H2. The maximum atomic E-state index is 12.6. The second-order valence-electron chi connectivity index (χ2n) is 6.12. The first-order valence-corrected chi connectivity index (χ1v) is 7.45. The minimum atomic E-state index is -0.331. The number of nitrogens with one attached hydrogen (secondary N) is 1. The molecule has 1 saturated carbocycles. The lowest BCUT2D eigenvalue weighted by molar-refractivity contribution is -0.141. The number of hydrogen-bond acceptors (Lipinski definition) is 3. The molecular weight excluding hydrogens is 240 g/mol. The fourth-order valence-corrected chi connectivity index (χ4v) is 3.66. The Balaban J connectivity index is 1.73. The van der Waals surface area contributed by atoms with Gasteiger partial charge in [-0.3, -0.25) is 14.5 Å². The zero-order valence-electron chi connectivity index (χ0n) is 11.4. The number of amides is 2. The molecule has 1 N–H and O–H groups in total. The summed E-state index contributed by atoms with van der Waals surface area (Å²) in [7, 11) is 0. The Morgan fingerprint density at radius 3 is 2.68 bits per heavy atom. The van der Waals surface area contributed by atoms with E-state index in [-0.39, 0.29) is 17.2 Å². The topological polar surface area (TPSA) is 49.4 Å². The Kier molecular flexibility index (Phi) is 3.44. The average Bonchev–Trinajstić information content (AvgIpc) is 2.66. The van der Waals surface area contributed by atoms with E-state index in [1.165, 1.54) is 16.9 Å². The third-order valence-electron chi connectivity index (χ3n) is 4.82. The van der Waals surface area contributed by atoms with E-state index < -0.39 is 0 Å². The van der Waals surface area contributed by atoms with Crippen LogP contribution in [0.5, 0.6) is 0 Å². The molecule has 104 valence electrons. The second-order valence-corrected chi connectivity index (χ2v) is 6.12. The lowest BCUT2D eigenvalue weighted by Crippen LogP contribution is -2.38. The third kappa shape index (κ3) is 2.34. The summed E-state index contributed by atoms with van der Waals surface area (Å²) in [6.45, 7) is 2.34. The average molecular weight is 262 g/mol. The summed E-state index contributed by atoms with van der Waals surface area (Å²) in [4.78, 5) is 26.4. The van der Waals surface area contributed by atoms with E-state index in [0.29, 0.717) is 13.0 Å². The molecule has 2 amide bonds. The number of imide groups is 1. The van der Waals surface area contributed by atoms with Gasteiger partial charge in [-0.15, -0.1) is 0 Å². The molecule has 0 aromatic rings. The lowest BCUT2D eigenvalue weighted by atomic mass is 9.73. The molecule has 0 aromatic carbocycles. The van der Waals surface area contributed by atoms with Gasteiger partial charge in [0.25, 0.3) is 0 Å². The monoisotopic (exact) mass is 262 g/mol. The van der Waals surface area contributed by atoms with Crippen molar-refractivity contribution in [3.8, 4) is 0 Å². The maximum absolute atomic E-state index is 12.6. The van der Waals surface area contributed by atoms with E-state index in [1.54, 1.807) is 0 Å². The van der Waals surface area contributed by atoms with Crippen LogP contribution in [0.15, 0.2) is 11.6 Å². The van der Waals surface area contributed by atoms with Crippen LogP contribution in [-0.4, -0.2) is 36.3 Å². The summed E-state index contributed by atoms with van der Waals surface area (Å²) in [5.74, 6) is 0.156. The molecule has 1 saturated heterocycles. The van der Waals surface area contributed by atoms with E-state index in [1.807, 2.05) is 0 Å². The molecule has 4 nitrogen and oxygen atoms in total. The van der Waals surface area contributed by atoms with Gasteiger partial charge < -0.3 is 5.32 Å². The number of carbonyl (C=O) groups excluding carboxylic acids is 2. The normalized spacial score (nSPS) is 26.9. The Morgan fingerprint density at radius 2 is 2.00 bits per heavy atom. The molecule has 1 spiro atoms. The van der Waals surface area contributed by atoms with Crippen molar-refractivity contribution in [2.75, 3.05) is 19.6 Å². The highest BCUT2D eigenvalue weighted by Crippen LogP contribution is 2.45. The van der Waals surface area contributed by atoms with Crippen molar-refractivity contribution in [3.63, 3.8) is 0 Å². The second kappa shape index (κ2) is 5.08. The van der Waals surface area contributed by atoms with Gasteiger partial charge in [-0.1, -0.05) is 30.9 Å². The third-order valence-corrected chi connectivity index (χ3v) is 4.82. The zero-order valence-corrected chi connectivity index (χ0v) is 11.4. The van der Waals surface area contributed by atoms with Gasteiger partial charge in [0, 0.05) is 19.5 Å². The van der Waals surface area contributed by atoms with Crippen LogP contribution in [0.1, 0.15) is 44.9 Å². The van der Waals surface area contributed by atoms with Gasteiger partial charge in [-0.25, -0.2) is 0 Å². The van der Waals surface area contributed by atoms with Gasteiger partial charge in [0.2, 0.25) is 11.8 Å². The minimum Gasteiger partial charge on any atom is -0.313 e. The quantitative estimate of drug-likeness (QED) is 0.607. The first kappa shape index (κ1) is 12.9. The van der Waals surface area contributed by atoms with Crippen molar-refractivity contribution in [3.05, 3.63) is 11.6 Å². The van der Waals surface area contributed by atoms with Crippen LogP contribution in [0.4, 0.5) is 0 Å². The van der Waals surface area contributed by atoms with Crippen molar-refractivity contribution in [2.24, 2.45) is 5.41 Å². The zero-order chi connectivity index (χ0) is 13.3. The number of rotatable bonds is 2. The van der Waals surface area contributed by atoms with Gasteiger partial charge in [0.15, 0.2) is 0 Å². The largest absolute Gasteiger partial charge is 0.313 e. The predicted molar refractivity (Wildman–Crippen MR) is 72.4 cm³/mol. The van der Waals surface area contributed by atoms with Crippen molar-refractivity contribution < 1.29 is 9.59 Å². The van der Waals surface area contributed by atoms with Gasteiger partial charge in [0.1, 0.15) is 0 Å². The van der Waals surface area contributed by atoms with Crippen molar-refractivity contribution in [2.45, 2.75) is 44.9 Å². The smallest absolute Gasteiger partial charge is 0.236 e. The van der Waals surface area contributed by atoms with Crippen LogP contribution < -0.4 is 5.32 Å². The van der Waals surface area contributed by atoms with E-state index in [9.17, 15) is 9.59 Å². The minimum absolute atomic E-state index is 0.0475. The van der Waals surface area contributed by atoms with Gasteiger partial charge in [-0.2, -0.15) is 0 Å². The molecule has 1 aliphatic carbocycles. The first-order valence-electron chi connectivity index (χ1n) is 7.45. The van der Waals surface area contributed by atoms with Gasteiger partial charge in [0.05, 0.1) is 5.41 Å². The fourth-order valence-electron chi connectivity index (χ4n) is 3.66. The molecule has 3 aliphatic rings. The molecule has 4 heteroatoms. The molecule has 2 fully saturated rings. The molecule has 0 radical (unpaired) electrons. The molecule has 0 bridgehead atoms. The molecule has 0 aromatic heterocycles. The highest BCUT2D eigenvalue weighted by molar-refractivity contribution is 6.06. The molecule has 2 aliphatic heterocycles. The maximum Gasteiger partial charge on any atom is 0.236 e. The Bertz CT molecular complexity index is 422. The molecular formula is C15H22N2O2. The van der Waals surface area contributed by atoms with Crippen LogP contribution in [0, 0.1) is 5.41 Å². The highest BCUT2D eigenvalue weighted by Gasteiger charge is 2.51. The molecule has 0 atom stereocenters. The van der Waals surface area contributed by atoms with Crippen LogP contribution in [-0.2, 0) is 9.59 Å². The summed E-state index contributed by atoms with van der Waals surface area (Å²) in [6, 6.07) is 0. The fraction of sp³-hybridized carbons (Fsp3) is 0.733. The van der Waals surface area contributed by atoms with Crippen LogP contribution in [0.2, 0.25) is 0 Å². The molecule has 3 rings (SSSR count). The number of likely N-dealkylation sites (tertiary alicyclic amines) is 1. The lowest BCUT2D eigenvalue weighted by Gasteiger charge is -2.30. The van der Waals surface area contributed by atoms with E-state index in [2.05, 4.69) is 11.4 Å². The first-order chi connectivity index (χ1) is 9.21. The summed E-state index contributed by atoms with van der Waals surface area (Å²) >= 11 is 0. The molecule has 19 heavy (non-hydrogen) atoms. The van der Waals surface area contributed by atoms with Crippen molar-refractivity contribution >= 4 is 11.8 Å². The number of hydrogen-bond donors (Lipinski definition) is 1. The summed E-state index contributed by atoms with van der Waals surface area (Å²) in [5, 5.41) is 3.25. The van der Waals surface area contributed by atoms with Crippen LogP contribution in [0.3, 0.4) is 0 Å². The van der Waals surface area contributed by atoms with E-state index in [0.717, 1.165) is 45.2 Å². The van der Waals surface area contributed by atoms with Crippen molar-refractivity contribution in [1.29, 1.82) is 0 Å². The predicted octanol–water partition coefficient (Wildman–Crippen LogP) is 1.62. The number of carbonyl (C=O) groups is 2. The molecule has 2 heterocycles. The summed E-state index contributed by atoms with van der Waals surface area (Å²) < 4.78 is 0. The molecule has 0 unspecified atom stereocenters. The van der Waals surface area contributed by atoms with Gasteiger partial charge >= 0.3 is 0 Å². The van der Waals surface area contributed by atoms with E-state index in [4.69, 9.17) is 0 Å². The van der Waals surface area contributed by atoms with Gasteiger partial charge in [-0.05, 0) is 25.8 Å². The van der Waals surface area contributed by atoms with Crippen molar-refractivity contribution in [1.82, 2.24) is 10.2 Å². The number of nitrogens with zero attached hydrogens (tertiary/aromatic N) is 1. The summed E-state index contributed by atoms with van der Waals surface area (Å²) in [5.41, 5.74) is 0.899. The SMILES string of the molecule is O=C1CC2(CCCCC2)C(=O)N1CC1=CCNCC1. The Hall–Kier alpha value is -1.16. The van der Waals surface area contributed by atoms with Crippen LogP contribution in [0.25, 0.3) is 0 Å². The highest BCUT2D eigenvalue weighted by atomic mass is 16.2. The summed E-state index contributed by atoms with van der Waals surface area (Å²) in [6.07, 6.45) is 8.75.